The molecule has 4 rings (SSSR count). The number of hydrazone groups is 1. The van der Waals surface area contributed by atoms with E-state index in [4.69, 9.17) is 16.3 Å². The smallest absolute Gasteiger partial charge is 0.295 e. The Labute approximate surface area is 262 Å². The van der Waals surface area contributed by atoms with Gasteiger partial charge in [0.05, 0.1) is 33.1 Å². The molecule has 0 saturated heterocycles. The number of halogens is 2. The van der Waals surface area contributed by atoms with Crippen LogP contribution in [0.4, 0.5) is 5.69 Å². The van der Waals surface area contributed by atoms with Crippen LogP contribution >= 0.6 is 24.0 Å². The van der Waals surface area contributed by atoms with Crippen LogP contribution < -0.4 is 15.5 Å². The molecule has 3 aromatic carbocycles. The van der Waals surface area contributed by atoms with Gasteiger partial charge in [0.25, 0.3) is 11.8 Å². The zero-order chi connectivity index (χ0) is 30.3. The van der Waals surface area contributed by atoms with Gasteiger partial charge in [-0.2, -0.15) is 5.10 Å². The van der Waals surface area contributed by atoms with Gasteiger partial charge in [-0.3, -0.25) is 14.4 Å². The molecule has 1 unspecified atom stereocenters. The number of benzene rings is 3. The largest absolute Gasteiger partial charge is 0.507 e. The number of carbonyl (C=O) groups is 3. The Bertz CT molecular complexity index is 1530. The lowest BCUT2D eigenvalue weighted by molar-refractivity contribution is -0.862. The fourth-order valence-electron chi connectivity index (χ4n) is 4.60. The highest BCUT2D eigenvalue weighted by Crippen LogP contribution is 2.39. The third-order valence-electron chi connectivity index (χ3n) is 6.53. The van der Waals surface area contributed by atoms with E-state index >= 15 is 0 Å². The molecule has 0 aromatic heterocycles. The van der Waals surface area contributed by atoms with Crippen LogP contribution in [0, 0.1) is 0 Å². The molecule has 3 N–H and O–H groups in total. The number of aliphatic hydroxyl groups is 1. The lowest BCUT2D eigenvalue weighted by Gasteiger charge is -2.27. The van der Waals surface area contributed by atoms with Gasteiger partial charge in [-0.05, 0) is 35.9 Å². The van der Waals surface area contributed by atoms with Gasteiger partial charge in [0.2, 0.25) is 0 Å². The highest BCUT2D eigenvalue weighted by molar-refractivity contribution is 6.45. The van der Waals surface area contributed by atoms with Gasteiger partial charge in [-0.15, -0.1) is 12.4 Å². The summed E-state index contributed by atoms with van der Waals surface area (Å²) < 4.78 is 6.27. The highest BCUT2D eigenvalue weighted by atomic mass is 35.5. The van der Waals surface area contributed by atoms with Crippen LogP contribution in [0.5, 0.6) is 5.75 Å². The lowest BCUT2D eigenvalue weighted by Crippen LogP contribution is -2.43. The fraction of sp³-hybridized carbons (Fsp3) is 0.250. The summed E-state index contributed by atoms with van der Waals surface area (Å²) in [5.74, 6) is -1.25. The van der Waals surface area contributed by atoms with Crippen LogP contribution in [-0.4, -0.2) is 67.2 Å². The average molecular weight is 627 g/mol. The Kier molecular flexibility index (Phi) is 11.5. The number of nitrogens with zero attached hydrogens (tertiary/aromatic N) is 2. The van der Waals surface area contributed by atoms with Crippen molar-refractivity contribution in [1.29, 1.82) is 0 Å². The minimum Gasteiger partial charge on any atom is -0.507 e. The van der Waals surface area contributed by atoms with E-state index < -0.39 is 17.7 Å². The molecule has 0 saturated carbocycles. The van der Waals surface area contributed by atoms with Crippen molar-refractivity contribution in [3.63, 3.8) is 0 Å². The van der Waals surface area contributed by atoms with Crippen molar-refractivity contribution in [2.75, 3.05) is 39.6 Å². The standard InChI is InChI=1S/C32H33ClN4O5.ClH/c1-37(2,3)19-30(39)36-35-28(32(41)34-23-13-9-12-22(33)16-23)18-24(38)17-26(21-10-5-4-6-11-21)27-20-42-29-15-8-7-14-25(29)31(27)40;/h4-16,26H,17-20H2,1-3H3,(H2-,34,36,39,40,41);1H/p+1. The molecule has 11 heteroatoms. The van der Waals surface area contributed by atoms with Gasteiger partial charge >= 0.3 is 0 Å². The molecular weight excluding hydrogens is 591 g/mol. The van der Waals surface area contributed by atoms with E-state index in [0.717, 1.165) is 5.56 Å². The van der Waals surface area contributed by atoms with Gasteiger partial charge in [0, 0.05) is 28.6 Å². The van der Waals surface area contributed by atoms with E-state index in [1.165, 1.54) is 0 Å². The second-order valence-electron chi connectivity index (χ2n) is 11.0. The molecule has 0 spiro atoms. The predicted octanol–water partition coefficient (Wildman–Crippen LogP) is 5.37. The summed E-state index contributed by atoms with van der Waals surface area (Å²) in [7, 11) is 5.54. The second-order valence-corrected chi connectivity index (χ2v) is 11.5. The second kappa shape index (κ2) is 14.8. The summed E-state index contributed by atoms with van der Waals surface area (Å²) in [5.41, 5.74) is 4.60. The van der Waals surface area contributed by atoms with Crippen molar-refractivity contribution in [1.82, 2.24) is 5.43 Å². The minimum absolute atomic E-state index is 0. The Hall–Kier alpha value is -4.18. The Morgan fingerprint density at radius 3 is 2.40 bits per heavy atom. The molecule has 0 bridgehead atoms. The number of anilines is 1. The molecule has 226 valence electrons. The summed E-state index contributed by atoms with van der Waals surface area (Å²) in [6, 6.07) is 23.1. The molecule has 9 nitrogen and oxygen atoms in total. The first-order valence-corrected chi connectivity index (χ1v) is 13.8. The maximum absolute atomic E-state index is 13.6. The van der Waals surface area contributed by atoms with Crippen LogP contribution in [0.25, 0.3) is 5.76 Å². The zero-order valence-electron chi connectivity index (χ0n) is 24.2. The molecule has 1 aliphatic rings. The molecule has 2 amide bonds. The first-order valence-electron chi connectivity index (χ1n) is 13.4. The average Bonchev–Trinajstić information content (AvgIpc) is 2.94. The lowest BCUT2D eigenvalue weighted by atomic mass is 9.83. The molecule has 43 heavy (non-hydrogen) atoms. The van der Waals surface area contributed by atoms with Gasteiger partial charge < -0.3 is 19.6 Å². The number of rotatable bonds is 11. The summed E-state index contributed by atoms with van der Waals surface area (Å²) >= 11 is 6.06. The molecule has 0 fully saturated rings. The van der Waals surface area contributed by atoms with E-state index in [1.807, 2.05) is 57.5 Å². The van der Waals surface area contributed by atoms with Crippen molar-refractivity contribution < 1.29 is 28.7 Å². The monoisotopic (exact) mass is 625 g/mol. The SMILES string of the molecule is C[N+](C)(C)CC(=O)N/N=C(\CC(=O)CC(C1=C(O)c2ccccc2OC1)c1ccccc1)C(=O)Nc1cccc(Cl)c1.Cl. The Balaban J connectivity index is 0.00000506. The maximum Gasteiger partial charge on any atom is 0.295 e. The summed E-state index contributed by atoms with van der Waals surface area (Å²) in [5, 5.41) is 18.4. The molecule has 0 aliphatic carbocycles. The fourth-order valence-corrected chi connectivity index (χ4v) is 4.79. The number of fused-ring (bicyclic) bond motifs is 1. The normalized spacial score (nSPS) is 13.6. The number of para-hydroxylation sites is 1. The van der Waals surface area contributed by atoms with Crippen molar-refractivity contribution in [3.8, 4) is 5.75 Å². The van der Waals surface area contributed by atoms with Gasteiger partial charge in [0.15, 0.2) is 6.54 Å². The van der Waals surface area contributed by atoms with Crippen LogP contribution in [0.15, 0.2) is 89.5 Å². The number of likely N-dealkylation sites (N-methyl/N-ethyl adjacent to an activating group) is 1. The topological polar surface area (TPSA) is 117 Å². The summed E-state index contributed by atoms with van der Waals surface area (Å²) in [6.45, 7) is 0.221. The number of amides is 2. The van der Waals surface area contributed by atoms with Crippen LogP contribution in [0.3, 0.4) is 0 Å². The maximum atomic E-state index is 13.6. The third-order valence-corrected chi connectivity index (χ3v) is 6.76. The first-order chi connectivity index (χ1) is 20.0. The van der Waals surface area contributed by atoms with E-state index in [-0.39, 0.29) is 55.7 Å². The third kappa shape index (κ3) is 9.41. The Morgan fingerprint density at radius 1 is 1.00 bits per heavy atom. The van der Waals surface area contributed by atoms with Crippen LogP contribution in [-0.2, 0) is 14.4 Å². The predicted molar refractivity (Wildman–Crippen MR) is 171 cm³/mol. The molecule has 0 radical (unpaired) electrons. The number of hydrogen-bond donors (Lipinski definition) is 3. The van der Waals surface area contributed by atoms with Gasteiger partial charge in [-0.1, -0.05) is 60.1 Å². The van der Waals surface area contributed by atoms with E-state index in [1.54, 1.807) is 42.5 Å². The number of Topliss-reactive ketones (excluding diaryl/α,β-unsaturated/α-hetero) is 1. The summed E-state index contributed by atoms with van der Waals surface area (Å²) in [4.78, 5) is 39.3. The van der Waals surface area contributed by atoms with Gasteiger partial charge in [-0.25, -0.2) is 5.43 Å². The minimum atomic E-state index is -0.649. The van der Waals surface area contributed by atoms with E-state index in [0.29, 0.717) is 32.1 Å². The zero-order valence-corrected chi connectivity index (χ0v) is 25.7. The van der Waals surface area contributed by atoms with E-state index in [9.17, 15) is 19.5 Å². The highest BCUT2D eigenvalue weighted by Gasteiger charge is 2.30. The molecular formula is C32H35Cl2N4O5+. The molecule has 1 aliphatic heterocycles. The van der Waals surface area contributed by atoms with Crippen molar-refractivity contribution in [3.05, 3.63) is 101 Å². The van der Waals surface area contributed by atoms with E-state index in [2.05, 4.69) is 15.8 Å². The number of aliphatic hydroxyl groups excluding tert-OH is 1. The number of carbonyl (C=O) groups excluding carboxylic acids is 3. The molecule has 1 heterocycles. The van der Waals surface area contributed by atoms with Crippen molar-refractivity contribution in [2.24, 2.45) is 5.10 Å². The number of nitrogens with one attached hydrogen (secondary N) is 2. The number of hydrogen-bond acceptors (Lipinski definition) is 6. The first kappa shape index (κ1) is 33.3. The Morgan fingerprint density at radius 2 is 1.70 bits per heavy atom. The van der Waals surface area contributed by atoms with Crippen LogP contribution in [0.2, 0.25) is 5.02 Å². The number of quaternary nitrogens is 1. The molecule has 1 atom stereocenters. The quantitative estimate of drug-likeness (QED) is 0.150. The van der Waals surface area contributed by atoms with Crippen LogP contribution in [0.1, 0.15) is 29.9 Å². The molecule has 3 aromatic rings. The van der Waals surface area contributed by atoms with Gasteiger partial charge in [0.1, 0.15) is 29.6 Å². The van der Waals surface area contributed by atoms with Crippen molar-refractivity contribution >= 4 is 58.8 Å². The number of ketones is 1. The summed E-state index contributed by atoms with van der Waals surface area (Å²) in [6.07, 6.45) is -0.392. The number of ether oxygens (including phenoxy) is 1. The van der Waals surface area contributed by atoms with Crippen molar-refractivity contribution in [2.45, 2.75) is 18.8 Å².